The van der Waals surface area contributed by atoms with E-state index in [2.05, 4.69) is 9.71 Å². The van der Waals surface area contributed by atoms with Crippen molar-refractivity contribution >= 4 is 28.4 Å². The van der Waals surface area contributed by atoms with Crippen molar-refractivity contribution in [2.75, 3.05) is 6.61 Å². The summed E-state index contributed by atoms with van der Waals surface area (Å²) >= 11 is 5.92. The van der Waals surface area contributed by atoms with Gasteiger partial charge in [-0.3, -0.25) is 4.79 Å². The van der Waals surface area contributed by atoms with Crippen LogP contribution in [-0.4, -0.2) is 32.5 Å². The fourth-order valence-electron chi connectivity index (χ4n) is 2.31. The van der Waals surface area contributed by atoms with E-state index in [9.17, 15) is 22.2 Å². The van der Waals surface area contributed by atoms with Gasteiger partial charge in [0.15, 0.2) is 10.9 Å². The van der Waals surface area contributed by atoms with Crippen LogP contribution in [0.2, 0.25) is 5.15 Å². The fraction of sp³-hybridized carbons (Fsp3) is 0.600. The molecule has 10 heteroatoms. The summed E-state index contributed by atoms with van der Waals surface area (Å²) < 4.78 is 58.5. The zero-order valence-electron chi connectivity index (χ0n) is 14.1. The standard InChI is InChI=1S/C15H18ClF3N2O3S/c1-5-14(21-25(23)13(2,3)4)7-24-10-8(14)6-9(20-12(10)16)11(22)15(17,18)19/h6,21H,5,7H2,1-4H3. The zero-order valence-corrected chi connectivity index (χ0v) is 15.7. The van der Waals surface area contributed by atoms with Crippen LogP contribution < -0.4 is 9.46 Å². The molecule has 0 bridgehead atoms. The third-order valence-electron chi connectivity index (χ3n) is 3.85. The van der Waals surface area contributed by atoms with Crippen molar-refractivity contribution in [3.8, 4) is 5.75 Å². The first kappa shape index (κ1) is 20.1. The summed E-state index contributed by atoms with van der Waals surface area (Å²) in [6.07, 6.45) is -4.71. The smallest absolute Gasteiger partial charge is 0.456 e. The number of pyridine rings is 1. The number of fused-ring (bicyclic) bond motifs is 1. The summed E-state index contributed by atoms with van der Waals surface area (Å²) in [5.41, 5.74) is -1.59. The molecule has 0 spiro atoms. The molecular weight excluding hydrogens is 381 g/mol. The molecule has 2 rings (SSSR count). The predicted molar refractivity (Wildman–Crippen MR) is 88.1 cm³/mol. The number of ether oxygens (including phenoxy) is 1. The lowest BCUT2D eigenvalue weighted by Crippen LogP contribution is -2.49. The lowest BCUT2D eigenvalue weighted by atomic mass is 9.90. The van der Waals surface area contributed by atoms with Crippen LogP contribution in [0.5, 0.6) is 5.75 Å². The van der Waals surface area contributed by atoms with E-state index in [1.54, 1.807) is 27.7 Å². The van der Waals surface area contributed by atoms with E-state index >= 15 is 0 Å². The molecule has 0 aliphatic carbocycles. The molecule has 0 saturated heterocycles. The van der Waals surface area contributed by atoms with Crippen molar-refractivity contribution in [3.05, 3.63) is 22.5 Å². The Hall–Kier alpha value is -1.19. The number of carbonyl (C=O) groups is 1. The first-order chi connectivity index (χ1) is 11.3. The average Bonchev–Trinajstić information content (AvgIpc) is 2.84. The Kier molecular flexibility index (Phi) is 5.24. The number of nitrogens with zero attached hydrogens (tertiary/aromatic N) is 1. The quantitative estimate of drug-likeness (QED) is 0.622. The van der Waals surface area contributed by atoms with Crippen molar-refractivity contribution in [1.29, 1.82) is 0 Å². The Balaban J connectivity index is 2.54. The largest absolute Gasteiger partial charge is 0.488 e. The van der Waals surface area contributed by atoms with Gasteiger partial charge in [-0.2, -0.15) is 13.2 Å². The average molecular weight is 399 g/mol. The van der Waals surface area contributed by atoms with Gasteiger partial charge in [0.1, 0.15) is 12.3 Å². The van der Waals surface area contributed by atoms with Crippen LogP contribution in [-0.2, 0) is 16.5 Å². The number of nitrogens with one attached hydrogen (secondary N) is 1. The number of alkyl halides is 3. The highest BCUT2D eigenvalue weighted by atomic mass is 35.5. The molecule has 25 heavy (non-hydrogen) atoms. The molecule has 140 valence electrons. The van der Waals surface area contributed by atoms with Gasteiger partial charge in [-0.1, -0.05) is 18.5 Å². The first-order valence-electron chi connectivity index (χ1n) is 7.47. The van der Waals surface area contributed by atoms with Crippen LogP contribution in [0.3, 0.4) is 0 Å². The monoisotopic (exact) mass is 398 g/mol. The van der Waals surface area contributed by atoms with E-state index in [-0.39, 0.29) is 23.1 Å². The lowest BCUT2D eigenvalue weighted by Gasteiger charge is -2.31. The first-order valence-corrected chi connectivity index (χ1v) is 8.99. The fourth-order valence-corrected chi connectivity index (χ4v) is 3.53. The van der Waals surface area contributed by atoms with Crippen LogP contribution >= 0.6 is 11.6 Å². The topological polar surface area (TPSA) is 68.3 Å². The molecule has 0 amide bonds. The highest BCUT2D eigenvalue weighted by molar-refractivity contribution is 7.84. The Morgan fingerprint density at radius 2 is 2.04 bits per heavy atom. The van der Waals surface area contributed by atoms with Gasteiger partial charge in [0, 0.05) is 5.56 Å². The maximum absolute atomic E-state index is 12.7. The van der Waals surface area contributed by atoms with Crippen molar-refractivity contribution < 1.29 is 26.9 Å². The number of hydrogen-bond donors (Lipinski definition) is 1. The molecule has 0 fully saturated rings. The third kappa shape index (κ3) is 3.83. The molecule has 0 aromatic carbocycles. The van der Waals surface area contributed by atoms with E-state index < -0.39 is 38.9 Å². The number of halogens is 4. The van der Waals surface area contributed by atoms with Gasteiger partial charge >= 0.3 is 6.18 Å². The molecule has 1 aromatic rings. The SMILES string of the molecule is CCC1(NS(=O)C(C)(C)C)COc2c1cc(C(=O)C(F)(F)F)nc2Cl. The second-order valence-electron chi connectivity index (χ2n) is 6.71. The summed E-state index contributed by atoms with van der Waals surface area (Å²) in [5.74, 6) is -1.99. The molecule has 2 heterocycles. The summed E-state index contributed by atoms with van der Waals surface area (Å²) in [5, 5.41) is -0.330. The van der Waals surface area contributed by atoms with Crippen molar-refractivity contribution in [2.45, 2.75) is 50.6 Å². The highest BCUT2D eigenvalue weighted by Gasteiger charge is 2.46. The van der Waals surface area contributed by atoms with E-state index in [0.29, 0.717) is 6.42 Å². The molecule has 1 aromatic heterocycles. The summed E-state index contributed by atoms with van der Waals surface area (Å²) in [7, 11) is -1.52. The Morgan fingerprint density at radius 3 is 2.52 bits per heavy atom. The van der Waals surface area contributed by atoms with Crippen LogP contribution in [0.25, 0.3) is 0 Å². The van der Waals surface area contributed by atoms with Gasteiger partial charge in [0.2, 0.25) is 0 Å². The normalized spacial score (nSPS) is 21.6. The number of rotatable bonds is 4. The molecule has 5 nitrogen and oxygen atoms in total. The van der Waals surface area contributed by atoms with Crippen molar-refractivity contribution in [1.82, 2.24) is 9.71 Å². The Bertz CT molecular complexity index is 734. The number of aromatic nitrogens is 1. The van der Waals surface area contributed by atoms with Crippen LogP contribution in [0.15, 0.2) is 6.07 Å². The lowest BCUT2D eigenvalue weighted by molar-refractivity contribution is -0.0888. The molecule has 0 radical (unpaired) electrons. The van der Waals surface area contributed by atoms with Gasteiger partial charge in [-0.15, -0.1) is 0 Å². The molecular formula is C15H18ClF3N2O3S. The van der Waals surface area contributed by atoms with Gasteiger partial charge in [-0.25, -0.2) is 13.9 Å². The number of ketones is 1. The molecule has 2 unspecified atom stereocenters. The van der Waals surface area contributed by atoms with Crippen molar-refractivity contribution in [3.63, 3.8) is 0 Å². The van der Waals surface area contributed by atoms with Gasteiger partial charge in [0.05, 0.1) is 21.3 Å². The summed E-state index contributed by atoms with van der Waals surface area (Å²) in [4.78, 5) is 15.0. The van der Waals surface area contributed by atoms with Crippen LogP contribution in [0.1, 0.15) is 50.2 Å². The van der Waals surface area contributed by atoms with Crippen LogP contribution in [0.4, 0.5) is 13.2 Å². The molecule has 1 N–H and O–H groups in total. The van der Waals surface area contributed by atoms with Gasteiger partial charge in [-0.05, 0) is 33.3 Å². The molecule has 1 aliphatic heterocycles. The zero-order chi connectivity index (χ0) is 19.2. The molecule has 0 saturated carbocycles. The van der Waals surface area contributed by atoms with E-state index in [1.807, 2.05) is 0 Å². The highest BCUT2D eigenvalue weighted by Crippen LogP contribution is 2.44. The summed E-state index contributed by atoms with van der Waals surface area (Å²) in [6.45, 7) is 7.06. The van der Waals surface area contributed by atoms with E-state index in [4.69, 9.17) is 16.3 Å². The van der Waals surface area contributed by atoms with Crippen molar-refractivity contribution in [2.24, 2.45) is 0 Å². The molecule has 1 aliphatic rings. The van der Waals surface area contributed by atoms with Gasteiger partial charge < -0.3 is 4.74 Å². The predicted octanol–water partition coefficient (Wildman–Crippen LogP) is 3.53. The van der Waals surface area contributed by atoms with Gasteiger partial charge in [0.25, 0.3) is 5.78 Å². The van der Waals surface area contributed by atoms with E-state index in [1.165, 1.54) is 0 Å². The maximum atomic E-state index is 12.7. The second-order valence-corrected chi connectivity index (χ2v) is 9.03. The molecule has 2 atom stereocenters. The van der Waals surface area contributed by atoms with Crippen LogP contribution in [0, 0.1) is 0 Å². The Morgan fingerprint density at radius 1 is 1.44 bits per heavy atom. The third-order valence-corrected chi connectivity index (χ3v) is 5.79. The minimum absolute atomic E-state index is 0.0196. The minimum Gasteiger partial charge on any atom is -0.488 e. The maximum Gasteiger partial charge on any atom is 0.456 e. The minimum atomic E-state index is -5.07. The van der Waals surface area contributed by atoms with E-state index in [0.717, 1.165) is 6.07 Å². The Labute approximate surface area is 150 Å². The number of Topliss-reactive ketones (excluding diaryl/α,β-unsaturated/α-hetero) is 1. The number of carbonyl (C=O) groups excluding carboxylic acids is 1. The second kappa shape index (κ2) is 6.51. The summed E-state index contributed by atoms with van der Waals surface area (Å²) in [6, 6.07) is 1.01. The number of hydrogen-bond acceptors (Lipinski definition) is 4.